The van der Waals surface area contributed by atoms with E-state index in [9.17, 15) is 0 Å². The first-order valence-electron chi connectivity index (χ1n) is 11.7. The van der Waals surface area contributed by atoms with Crippen molar-refractivity contribution in [1.29, 1.82) is 0 Å². The normalized spacial score (nSPS) is 28.7. The second-order valence-electron chi connectivity index (χ2n) is 10.2. The molecule has 0 amide bonds. The Balaban J connectivity index is 1.41. The highest BCUT2D eigenvalue weighted by Crippen LogP contribution is 2.33. The van der Waals surface area contributed by atoms with E-state index in [0.29, 0.717) is 18.1 Å². The van der Waals surface area contributed by atoms with Crippen LogP contribution in [0.5, 0.6) is 0 Å². The van der Waals surface area contributed by atoms with Crippen LogP contribution in [0.25, 0.3) is 0 Å². The quantitative estimate of drug-likeness (QED) is 0.565. The van der Waals surface area contributed by atoms with Crippen LogP contribution in [-0.2, 0) is 9.47 Å². The first kappa shape index (κ1) is 21.9. The van der Waals surface area contributed by atoms with Crippen LogP contribution in [0.2, 0.25) is 0 Å². The number of likely N-dealkylation sites (tertiary alicyclic amines) is 1. The largest absolute Gasteiger partial charge is 0.378 e. The lowest BCUT2D eigenvalue weighted by Crippen LogP contribution is -2.50. The number of hydrogen-bond donors (Lipinski definition) is 1. The van der Waals surface area contributed by atoms with Gasteiger partial charge in [0.15, 0.2) is 5.96 Å². The van der Waals surface area contributed by atoms with Gasteiger partial charge in [-0.15, -0.1) is 0 Å². The van der Waals surface area contributed by atoms with Crippen LogP contribution in [0.4, 0.5) is 0 Å². The molecule has 2 unspecified atom stereocenters. The van der Waals surface area contributed by atoms with Crippen molar-refractivity contribution in [3.63, 3.8) is 0 Å². The fourth-order valence-electron chi connectivity index (χ4n) is 5.25. The second kappa shape index (κ2) is 10.3. The molecule has 3 fully saturated rings. The van der Waals surface area contributed by atoms with Crippen LogP contribution in [0.15, 0.2) is 4.99 Å². The van der Waals surface area contributed by atoms with Gasteiger partial charge in [-0.2, -0.15) is 0 Å². The Morgan fingerprint density at radius 3 is 2.43 bits per heavy atom. The number of rotatable bonds is 5. The lowest BCUT2D eigenvalue weighted by atomic mass is 9.78. The summed E-state index contributed by atoms with van der Waals surface area (Å²) in [6.45, 7) is 11.8. The molecule has 3 aliphatic rings. The summed E-state index contributed by atoms with van der Waals surface area (Å²) >= 11 is 0. The highest BCUT2D eigenvalue weighted by molar-refractivity contribution is 5.80. The Labute approximate surface area is 172 Å². The van der Waals surface area contributed by atoms with Gasteiger partial charge in [0.1, 0.15) is 0 Å². The number of piperidine rings is 1. The fraction of sp³-hybridized carbons (Fsp3) is 0.957. The molecule has 0 bridgehead atoms. The highest BCUT2D eigenvalue weighted by Gasteiger charge is 2.35. The summed E-state index contributed by atoms with van der Waals surface area (Å²) in [5.74, 6) is 2.42. The van der Waals surface area contributed by atoms with Crippen LogP contribution < -0.4 is 5.32 Å². The maximum absolute atomic E-state index is 6.23. The standard InChI is InChI=1S/C23H43N3O2/c1-23(2,3)21-19(10-7-15-27-21)16-25-22(24-4)26-13-11-20(12-14-26)28-17-18-8-5-6-9-18/h18-21H,5-17H2,1-4H3,(H,24,25). The highest BCUT2D eigenvalue weighted by atomic mass is 16.5. The number of aliphatic imine (C=N–C) groups is 1. The van der Waals surface area contributed by atoms with Crippen LogP contribution >= 0.6 is 0 Å². The minimum atomic E-state index is 0.186. The molecule has 2 heterocycles. The summed E-state index contributed by atoms with van der Waals surface area (Å²) < 4.78 is 12.4. The number of hydrogen-bond acceptors (Lipinski definition) is 3. The summed E-state index contributed by atoms with van der Waals surface area (Å²) in [5.41, 5.74) is 0.186. The average molecular weight is 394 g/mol. The predicted octanol–water partition coefficient (Wildman–Crippen LogP) is 4.07. The Kier molecular flexibility index (Phi) is 8.04. The molecule has 0 aromatic heterocycles. The van der Waals surface area contributed by atoms with E-state index in [1.165, 1.54) is 38.5 Å². The average Bonchev–Trinajstić information content (AvgIpc) is 3.21. The van der Waals surface area contributed by atoms with Gasteiger partial charge in [-0.1, -0.05) is 33.6 Å². The van der Waals surface area contributed by atoms with Crippen molar-refractivity contribution in [2.75, 3.05) is 39.9 Å². The number of ether oxygens (including phenoxy) is 2. The molecule has 1 aliphatic carbocycles. The minimum absolute atomic E-state index is 0.186. The van der Waals surface area contributed by atoms with Crippen molar-refractivity contribution in [2.45, 2.75) is 84.3 Å². The van der Waals surface area contributed by atoms with E-state index in [0.717, 1.165) is 57.6 Å². The molecule has 0 spiro atoms. The zero-order chi connectivity index (χ0) is 20.0. The van der Waals surface area contributed by atoms with Crippen LogP contribution in [0, 0.1) is 17.3 Å². The van der Waals surface area contributed by atoms with Crippen molar-refractivity contribution in [2.24, 2.45) is 22.2 Å². The van der Waals surface area contributed by atoms with E-state index >= 15 is 0 Å². The Bertz CT molecular complexity index is 489. The van der Waals surface area contributed by atoms with E-state index in [4.69, 9.17) is 9.47 Å². The van der Waals surface area contributed by atoms with Crippen molar-refractivity contribution in [3.8, 4) is 0 Å². The SMILES string of the molecule is CN=C(NCC1CCCOC1C(C)(C)C)N1CCC(OCC2CCCC2)CC1. The minimum Gasteiger partial charge on any atom is -0.378 e. The molecule has 0 aromatic rings. The van der Waals surface area contributed by atoms with E-state index in [-0.39, 0.29) is 5.41 Å². The summed E-state index contributed by atoms with van der Waals surface area (Å²) in [5, 5.41) is 3.66. The van der Waals surface area contributed by atoms with Gasteiger partial charge in [0, 0.05) is 45.8 Å². The van der Waals surface area contributed by atoms with Crippen molar-refractivity contribution in [1.82, 2.24) is 10.2 Å². The molecular formula is C23H43N3O2. The number of nitrogens with zero attached hydrogens (tertiary/aromatic N) is 2. The fourth-order valence-corrected chi connectivity index (χ4v) is 5.25. The van der Waals surface area contributed by atoms with Gasteiger partial charge in [-0.25, -0.2) is 0 Å². The molecule has 5 heteroatoms. The zero-order valence-electron chi connectivity index (χ0n) is 18.7. The number of nitrogens with one attached hydrogen (secondary N) is 1. The molecular weight excluding hydrogens is 350 g/mol. The van der Waals surface area contributed by atoms with Crippen LogP contribution in [0.3, 0.4) is 0 Å². The predicted molar refractivity (Wildman–Crippen MR) is 116 cm³/mol. The molecule has 28 heavy (non-hydrogen) atoms. The first-order chi connectivity index (χ1) is 13.5. The smallest absolute Gasteiger partial charge is 0.193 e. The Morgan fingerprint density at radius 1 is 1.07 bits per heavy atom. The lowest BCUT2D eigenvalue weighted by Gasteiger charge is -2.41. The topological polar surface area (TPSA) is 46.1 Å². The molecule has 2 saturated heterocycles. The van der Waals surface area contributed by atoms with Gasteiger partial charge < -0.3 is 19.7 Å². The summed E-state index contributed by atoms with van der Waals surface area (Å²) in [6, 6.07) is 0. The van der Waals surface area contributed by atoms with E-state index < -0.39 is 0 Å². The maximum atomic E-state index is 6.23. The van der Waals surface area contributed by atoms with E-state index in [1.54, 1.807) is 0 Å². The first-order valence-corrected chi connectivity index (χ1v) is 11.7. The lowest BCUT2D eigenvalue weighted by molar-refractivity contribution is -0.0837. The van der Waals surface area contributed by atoms with Gasteiger partial charge >= 0.3 is 0 Å². The van der Waals surface area contributed by atoms with Gasteiger partial charge in [0.2, 0.25) is 0 Å². The van der Waals surface area contributed by atoms with Crippen LogP contribution in [0.1, 0.15) is 72.1 Å². The monoisotopic (exact) mass is 393 g/mol. The third-order valence-corrected chi connectivity index (χ3v) is 6.82. The molecule has 3 rings (SSSR count). The van der Waals surface area contributed by atoms with Crippen molar-refractivity contribution >= 4 is 5.96 Å². The molecule has 0 aromatic carbocycles. The molecule has 5 nitrogen and oxygen atoms in total. The third kappa shape index (κ3) is 6.09. The summed E-state index contributed by atoms with van der Waals surface area (Å²) in [7, 11) is 1.91. The van der Waals surface area contributed by atoms with Gasteiger partial charge in [0.25, 0.3) is 0 Å². The third-order valence-electron chi connectivity index (χ3n) is 6.82. The van der Waals surface area contributed by atoms with Crippen LogP contribution in [-0.4, -0.2) is 63.0 Å². The molecule has 162 valence electrons. The van der Waals surface area contributed by atoms with Gasteiger partial charge in [-0.05, 0) is 49.9 Å². The molecule has 2 atom stereocenters. The molecule has 1 N–H and O–H groups in total. The molecule has 0 radical (unpaired) electrons. The van der Waals surface area contributed by atoms with Crippen molar-refractivity contribution < 1.29 is 9.47 Å². The second-order valence-corrected chi connectivity index (χ2v) is 10.2. The van der Waals surface area contributed by atoms with E-state index in [2.05, 4.69) is 36.0 Å². The molecule has 2 aliphatic heterocycles. The Morgan fingerprint density at radius 2 is 1.79 bits per heavy atom. The maximum Gasteiger partial charge on any atom is 0.193 e. The van der Waals surface area contributed by atoms with Crippen molar-refractivity contribution in [3.05, 3.63) is 0 Å². The zero-order valence-corrected chi connectivity index (χ0v) is 18.7. The van der Waals surface area contributed by atoms with Gasteiger partial charge in [0.05, 0.1) is 12.2 Å². The summed E-state index contributed by atoms with van der Waals surface area (Å²) in [6.07, 6.45) is 10.9. The number of guanidine groups is 1. The van der Waals surface area contributed by atoms with E-state index in [1.807, 2.05) is 7.05 Å². The Hall–Kier alpha value is -0.810. The van der Waals surface area contributed by atoms with Gasteiger partial charge in [-0.3, -0.25) is 4.99 Å². The summed E-state index contributed by atoms with van der Waals surface area (Å²) in [4.78, 5) is 6.98. The molecule has 1 saturated carbocycles.